The number of rotatable bonds is 5. The third-order valence-electron chi connectivity index (χ3n) is 3.19. The van der Waals surface area contributed by atoms with Gasteiger partial charge in [0.25, 0.3) is 0 Å². The van der Waals surface area contributed by atoms with Crippen molar-refractivity contribution in [2.45, 2.75) is 31.3 Å². The van der Waals surface area contributed by atoms with E-state index in [1.54, 1.807) is 11.8 Å². The van der Waals surface area contributed by atoms with Crippen molar-refractivity contribution in [3.63, 3.8) is 0 Å². The zero-order chi connectivity index (χ0) is 13.8. The largest absolute Gasteiger partial charge is 0.323 e. The minimum absolute atomic E-state index is 0.0612. The molecule has 0 saturated carbocycles. The first-order chi connectivity index (χ1) is 9.10. The van der Waals surface area contributed by atoms with Crippen LogP contribution in [-0.4, -0.2) is 15.5 Å². The van der Waals surface area contributed by atoms with Crippen LogP contribution in [0.1, 0.15) is 29.8 Å². The lowest BCUT2D eigenvalue weighted by Crippen LogP contribution is -2.13. The molecular weight excluding hydrogens is 254 g/mol. The fraction of sp³-hybridized carbons (Fsp3) is 0.400. The summed E-state index contributed by atoms with van der Waals surface area (Å²) in [7, 11) is 1.97. The fourth-order valence-corrected chi connectivity index (χ4v) is 3.02. The summed E-state index contributed by atoms with van der Waals surface area (Å²) in [6, 6.07) is 10.8. The van der Waals surface area contributed by atoms with E-state index >= 15 is 0 Å². The van der Waals surface area contributed by atoms with Crippen molar-refractivity contribution < 1.29 is 0 Å². The highest BCUT2D eigenvalue weighted by atomic mass is 32.2. The Bertz CT molecular complexity index is 531. The van der Waals surface area contributed by atoms with Gasteiger partial charge in [-0.05, 0) is 30.5 Å². The van der Waals surface area contributed by atoms with Crippen LogP contribution in [0.4, 0.5) is 0 Å². The first kappa shape index (κ1) is 14.2. The maximum atomic E-state index is 6.24. The zero-order valence-corrected chi connectivity index (χ0v) is 12.6. The number of nitrogens with zero attached hydrogens (tertiary/aromatic N) is 2. The molecule has 3 nitrogen and oxygen atoms in total. The molecule has 0 bridgehead atoms. The molecule has 0 aliphatic heterocycles. The lowest BCUT2D eigenvalue weighted by atomic mass is 10.1. The number of hydrogen-bond donors (Lipinski definition) is 1. The normalized spacial score (nSPS) is 12.6. The maximum Gasteiger partial charge on any atom is 0.0939 e. The van der Waals surface area contributed by atoms with Gasteiger partial charge < -0.3 is 5.73 Å². The molecule has 0 amide bonds. The van der Waals surface area contributed by atoms with Crippen molar-refractivity contribution in [1.82, 2.24) is 9.78 Å². The molecule has 0 aliphatic rings. The summed E-state index contributed by atoms with van der Waals surface area (Å²) in [4.78, 5) is 0. The van der Waals surface area contributed by atoms with Gasteiger partial charge in [0.15, 0.2) is 0 Å². The van der Waals surface area contributed by atoms with Crippen molar-refractivity contribution in [1.29, 1.82) is 0 Å². The molecule has 4 heteroatoms. The second-order valence-corrected chi connectivity index (χ2v) is 5.80. The Morgan fingerprint density at radius 2 is 2.00 bits per heavy atom. The van der Waals surface area contributed by atoms with Gasteiger partial charge in [0.2, 0.25) is 0 Å². The van der Waals surface area contributed by atoms with Crippen LogP contribution in [0.2, 0.25) is 0 Å². The van der Waals surface area contributed by atoms with Crippen molar-refractivity contribution in [2.75, 3.05) is 5.75 Å². The van der Waals surface area contributed by atoms with E-state index in [1.165, 1.54) is 11.1 Å². The minimum Gasteiger partial charge on any atom is -0.323 e. The van der Waals surface area contributed by atoms with Crippen LogP contribution < -0.4 is 5.73 Å². The molecule has 2 N–H and O–H groups in total. The summed E-state index contributed by atoms with van der Waals surface area (Å²) in [6.45, 7) is 4.17. The summed E-state index contributed by atoms with van der Waals surface area (Å²) in [5, 5.41) is 5.50. The number of aryl methyl sites for hydroxylation is 3. The molecule has 0 spiro atoms. The average molecular weight is 275 g/mol. The summed E-state index contributed by atoms with van der Waals surface area (Å²) >= 11 is 1.76. The van der Waals surface area contributed by atoms with E-state index in [0.717, 1.165) is 22.9 Å². The first-order valence-corrected chi connectivity index (χ1v) is 7.56. The van der Waals surface area contributed by atoms with Gasteiger partial charge in [-0.25, -0.2) is 0 Å². The zero-order valence-electron chi connectivity index (χ0n) is 11.8. The lowest BCUT2D eigenvalue weighted by molar-refractivity contribution is 0.691. The number of aromatic nitrogens is 2. The van der Waals surface area contributed by atoms with E-state index in [2.05, 4.69) is 42.4 Å². The maximum absolute atomic E-state index is 6.24. The molecule has 1 atom stereocenters. The van der Waals surface area contributed by atoms with Gasteiger partial charge in [0.05, 0.1) is 10.7 Å². The van der Waals surface area contributed by atoms with Crippen LogP contribution in [0.15, 0.2) is 35.4 Å². The average Bonchev–Trinajstić information content (AvgIpc) is 2.74. The van der Waals surface area contributed by atoms with E-state index in [4.69, 9.17) is 5.73 Å². The number of nitrogens with two attached hydrogens (primary N) is 1. The molecule has 0 aliphatic carbocycles. The van der Waals surface area contributed by atoms with Gasteiger partial charge in [-0.3, -0.25) is 4.68 Å². The fourth-order valence-electron chi connectivity index (χ4n) is 1.99. The molecule has 2 rings (SSSR count). The van der Waals surface area contributed by atoms with Crippen molar-refractivity contribution >= 4 is 11.8 Å². The van der Waals surface area contributed by atoms with Crippen LogP contribution >= 0.6 is 11.8 Å². The third-order valence-corrected chi connectivity index (χ3v) is 4.39. The summed E-state index contributed by atoms with van der Waals surface area (Å²) in [5.74, 6) is 0.866. The van der Waals surface area contributed by atoms with E-state index in [0.29, 0.717) is 0 Å². The standard InChI is InChI=1S/C15H21N3S/c1-4-12-5-7-13(8-6-12)14(16)10-19-15-9-11(2)17-18(15)3/h5-9,14H,4,10,16H2,1-3H3. The van der Waals surface area contributed by atoms with E-state index in [-0.39, 0.29) is 6.04 Å². The van der Waals surface area contributed by atoms with Gasteiger partial charge in [-0.2, -0.15) is 5.10 Å². The predicted molar refractivity (Wildman–Crippen MR) is 81.4 cm³/mol. The molecule has 1 aromatic carbocycles. The Balaban J connectivity index is 1.96. The highest BCUT2D eigenvalue weighted by Gasteiger charge is 2.09. The van der Waals surface area contributed by atoms with Gasteiger partial charge >= 0.3 is 0 Å². The molecule has 0 radical (unpaired) electrons. The number of thioether (sulfide) groups is 1. The summed E-state index contributed by atoms with van der Waals surface area (Å²) in [5.41, 5.74) is 9.84. The smallest absolute Gasteiger partial charge is 0.0939 e. The van der Waals surface area contributed by atoms with Gasteiger partial charge in [0, 0.05) is 18.8 Å². The van der Waals surface area contributed by atoms with Crippen LogP contribution in [0, 0.1) is 6.92 Å². The van der Waals surface area contributed by atoms with Crippen LogP contribution in [0.3, 0.4) is 0 Å². The summed E-state index contributed by atoms with van der Waals surface area (Å²) < 4.78 is 1.91. The first-order valence-electron chi connectivity index (χ1n) is 6.58. The van der Waals surface area contributed by atoms with Crippen molar-refractivity contribution in [3.05, 3.63) is 47.2 Å². The molecular formula is C15H21N3S. The minimum atomic E-state index is 0.0612. The molecule has 1 unspecified atom stereocenters. The van der Waals surface area contributed by atoms with Gasteiger partial charge in [-0.15, -0.1) is 11.8 Å². The van der Waals surface area contributed by atoms with Crippen molar-refractivity contribution in [3.8, 4) is 0 Å². The van der Waals surface area contributed by atoms with Gasteiger partial charge in [0.1, 0.15) is 0 Å². The second kappa shape index (κ2) is 6.26. The molecule has 1 aromatic heterocycles. The van der Waals surface area contributed by atoms with E-state index in [9.17, 15) is 0 Å². The van der Waals surface area contributed by atoms with Gasteiger partial charge in [-0.1, -0.05) is 31.2 Å². The van der Waals surface area contributed by atoms with E-state index in [1.807, 2.05) is 18.7 Å². The molecule has 19 heavy (non-hydrogen) atoms. The predicted octanol–water partition coefficient (Wildman–Crippen LogP) is 3.08. The second-order valence-electron chi connectivity index (χ2n) is 4.76. The molecule has 1 heterocycles. The Kier molecular flexibility index (Phi) is 4.66. The topological polar surface area (TPSA) is 43.8 Å². The van der Waals surface area contributed by atoms with Crippen LogP contribution in [-0.2, 0) is 13.5 Å². The molecule has 2 aromatic rings. The third kappa shape index (κ3) is 3.61. The monoisotopic (exact) mass is 275 g/mol. The van der Waals surface area contributed by atoms with Crippen molar-refractivity contribution in [2.24, 2.45) is 12.8 Å². The number of hydrogen-bond acceptors (Lipinski definition) is 3. The van der Waals surface area contributed by atoms with Crippen LogP contribution in [0.25, 0.3) is 0 Å². The SMILES string of the molecule is CCc1ccc(C(N)CSc2cc(C)nn2C)cc1. The Morgan fingerprint density at radius 1 is 1.32 bits per heavy atom. The van der Waals surface area contributed by atoms with E-state index < -0.39 is 0 Å². The Labute approximate surface area is 119 Å². The molecule has 0 saturated heterocycles. The lowest BCUT2D eigenvalue weighted by Gasteiger charge is -2.12. The molecule has 102 valence electrons. The quantitative estimate of drug-likeness (QED) is 0.853. The summed E-state index contributed by atoms with van der Waals surface area (Å²) in [6.07, 6.45) is 1.07. The Hall–Kier alpha value is -1.26. The highest BCUT2D eigenvalue weighted by Crippen LogP contribution is 2.23. The Morgan fingerprint density at radius 3 is 2.53 bits per heavy atom. The highest BCUT2D eigenvalue weighted by molar-refractivity contribution is 7.99. The molecule has 0 fully saturated rings. The van der Waals surface area contributed by atoms with Crippen LogP contribution in [0.5, 0.6) is 0 Å². The number of benzene rings is 1.